The molecular formula is C17H19Cl2NO. The largest absolute Gasteiger partial charge is 0.489 e. The van der Waals surface area contributed by atoms with Gasteiger partial charge < -0.3 is 10.1 Å². The number of rotatable bonds is 6. The van der Waals surface area contributed by atoms with Crippen LogP contribution in [-0.4, -0.2) is 6.54 Å². The standard InChI is InChI=1S/C17H19Cl2NO/c1-3-20-12(2)13-5-8-16(9-6-13)21-11-14-4-7-15(18)10-17(14)19/h4-10,12,20H,3,11H2,1-2H3. The Hall–Kier alpha value is -1.22. The van der Waals surface area contributed by atoms with Crippen molar-refractivity contribution in [3.05, 3.63) is 63.6 Å². The van der Waals surface area contributed by atoms with Gasteiger partial charge in [0.05, 0.1) is 0 Å². The minimum absolute atomic E-state index is 0.342. The molecule has 0 amide bonds. The molecule has 1 N–H and O–H groups in total. The van der Waals surface area contributed by atoms with Crippen molar-refractivity contribution >= 4 is 23.2 Å². The molecule has 2 rings (SSSR count). The Kier molecular flexibility index (Phi) is 5.92. The third-order valence-electron chi connectivity index (χ3n) is 3.30. The summed E-state index contributed by atoms with van der Waals surface area (Å²) >= 11 is 12.0. The number of benzene rings is 2. The van der Waals surface area contributed by atoms with Crippen molar-refractivity contribution in [2.24, 2.45) is 0 Å². The molecule has 0 aliphatic carbocycles. The Morgan fingerprint density at radius 2 is 1.81 bits per heavy atom. The molecule has 2 nitrogen and oxygen atoms in total. The summed E-state index contributed by atoms with van der Waals surface area (Å²) in [6.07, 6.45) is 0. The van der Waals surface area contributed by atoms with Crippen molar-refractivity contribution in [2.75, 3.05) is 6.54 Å². The van der Waals surface area contributed by atoms with Crippen LogP contribution in [0.5, 0.6) is 5.75 Å². The number of nitrogens with one attached hydrogen (secondary N) is 1. The molecule has 0 heterocycles. The zero-order valence-electron chi connectivity index (χ0n) is 12.2. The summed E-state index contributed by atoms with van der Waals surface area (Å²) in [5.74, 6) is 0.827. The summed E-state index contributed by atoms with van der Waals surface area (Å²) in [6.45, 7) is 5.63. The third-order valence-corrected chi connectivity index (χ3v) is 3.89. The van der Waals surface area contributed by atoms with Gasteiger partial charge in [0.1, 0.15) is 12.4 Å². The SMILES string of the molecule is CCNC(C)c1ccc(OCc2ccc(Cl)cc2Cl)cc1. The van der Waals surface area contributed by atoms with Gasteiger partial charge in [-0.1, -0.05) is 48.3 Å². The minimum Gasteiger partial charge on any atom is -0.489 e. The molecule has 1 unspecified atom stereocenters. The van der Waals surface area contributed by atoms with Crippen LogP contribution in [0.3, 0.4) is 0 Å². The van der Waals surface area contributed by atoms with E-state index in [0.29, 0.717) is 22.7 Å². The van der Waals surface area contributed by atoms with Crippen LogP contribution >= 0.6 is 23.2 Å². The first-order chi connectivity index (χ1) is 10.1. The van der Waals surface area contributed by atoms with E-state index in [1.165, 1.54) is 5.56 Å². The van der Waals surface area contributed by atoms with Gasteiger partial charge in [-0.25, -0.2) is 0 Å². The van der Waals surface area contributed by atoms with Crippen molar-refractivity contribution < 1.29 is 4.74 Å². The molecule has 0 bridgehead atoms. The molecule has 4 heteroatoms. The van der Waals surface area contributed by atoms with Gasteiger partial charge in [0.25, 0.3) is 0 Å². The van der Waals surface area contributed by atoms with Crippen molar-refractivity contribution in [3.8, 4) is 5.75 Å². The van der Waals surface area contributed by atoms with Gasteiger partial charge in [0, 0.05) is 21.7 Å². The molecule has 0 aliphatic heterocycles. The lowest BCUT2D eigenvalue weighted by molar-refractivity contribution is 0.306. The predicted molar refractivity (Wildman–Crippen MR) is 89.3 cm³/mol. The molecule has 0 fully saturated rings. The van der Waals surface area contributed by atoms with Crippen molar-refractivity contribution in [3.63, 3.8) is 0 Å². The maximum Gasteiger partial charge on any atom is 0.119 e. The van der Waals surface area contributed by atoms with Gasteiger partial charge in [0.2, 0.25) is 0 Å². The summed E-state index contributed by atoms with van der Waals surface area (Å²) in [6, 6.07) is 13.9. The summed E-state index contributed by atoms with van der Waals surface area (Å²) in [5, 5.41) is 4.64. The fourth-order valence-corrected chi connectivity index (χ4v) is 2.54. The molecule has 0 saturated heterocycles. The van der Waals surface area contributed by atoms with Crippen LogP contribution in [0, 0.1) is 0 Å². The number of hydrogen-bond acceptors (Lipinski definition) is 2. The van der Waals surface area contributed by atoms with E-state index in [4.69, 9.17) is 27.9 Å². The van der Waals surface area contributed by atoms with Crippen molar-refractivity contribution in [2.45, 2.75) is 26.5 Å². The van der Waals surface area contributed by atoms with E-state index < -0.39 is 0 Å². The summed E-state index contributed by atoms with van der Waals surface area (Å²) in [5.41, 5.74) is 2.17. The maximum atomic E-state index is 6.12. The highest BCUT2D eigenvalue weighted by Crippen LogP contribution is 2.23. The Bertz CT molecular complexity index is 584. The zero-order valence-corrected chi connectivity index (χ0v) is 13.7. The zero-order chi connectivity index (χ0) is 15.2. The Balaban J connectivity index is 1.97. The summed E-state index contributed by atoms with van der Waals surface area (Å²) < 4.78 is 5.76. The van der Waals surface area contributed by atoms with E-state index in [1.807, 2.05) is 24.3 Å². The van der Waals surface area contributed by atoms with Crippen molar-refractivity contribution in [1.29, 1.82) is 0 Å². The molecule has 2 aromatic rings. The summed E-state index contributed by atoms with van der Waals surface area (Å²) in [7, 11) is 0. The Morgan fingerprint density at radius 1 is 1.10 bits per heavy atom. The third kappa shape index (κ3) is 4.63. The quantitative estimate of drug-likeness (QED) is 0.784. The summed E-state index contributed by atoms with van der Waals surface area (Å²) in [4.78, 5) is 0. The molecule has 21 heavy (non-hydrogen) atoms. The van der Waals surface area contributed by atoms with E-state index in [1.54, 1.807) is 6.07 Å². The fourth-order valence-electron chi connectivity index (χ4n) is 2.08. The Labute approximate surface area is 136 Å². The topological polar surface area (TPSA) is 21.3 Å². The maximum absolute atomic E-state index is 6.12. The lowest BCUT2D eigenvalue weighted by Crippen LogP contribution is -2.17. The van der Waals surface area contributed by atoms with E-state index in [2.05, 4.69) is 31.3 Å². The highest BCUT2D eigenvalue weighted by molar-refractivity contribution is 6.35. The van der Waals surface area contributed by atoms with Crippen molar-refractivity contribution in [1.82, 2.24) is 5.32 Å². The van der Waals surface area contributed by atoms with Crippen LogP contribution in [0.15, 0.2) is 42.5 Å². The van der Waals surface area contributed by atoms with Crippen LogP contribution in [0.1, 0.15) is 31.0 Å². The average Bonchev–Trinajstić information content (AvgIpc) is 2.47. The first kappa shape index (κ1) is 16.2. The molecule has 2 aromatic carbocycles. The van der Waals surface area contributed by atoms with Crippen LogP contribution < -0.4 is 10.1 Å². The highest BCUT2D eigenvalue weighted by atomic mass is 35.5. The van der Waals surface area contributed by atoms with Gasteiger partial charge in [-0.3, -0.25) is 0 Å². The van der Waals surface area contributed by atoms with Gasteiger partial charge in [-0.15, -0.1) is 0 Å². The molecule has 0 radical (unpaired) electrons. The molecule has 0 saturated carbocycles. The Morgan fingerprint density at radius 3 is 2.43 bits per heavy atom. The molecular weight excluding hydrogens is 305 g/mol. The second kappa shape index (κ2) is 7.69. The molecule has 0 aromatic heterocycles. The van der Waals surface area contributed by atoms with Crippen LogP contribution in [-0.2, 0) is 6.61 Å². The normalized spacial score (nSPS) is 12.2. The minimum atomic E-state index is 0.342. The lowest BCUT2D eigenvalue weighted by Gasteiger charge is -2.13. The number of halogens is 2. The van der Waals surface area contributed by atoms with E-state index in [9.17, 15) is 0 Å². The first-order valence-electron chi connectivity index (χ1n) is 7.00. The molecule has 0 aliphatic rings. The molecule has 1 atom stereocenters. The van der Waals surface area contributed by atoms with Gasteiger partial charge >= 0.3 is 0 Å². The second-order valence-electron chi connectivity index (χ2n) is 4.87. The molecule has 112 valence electrons. The van der Waals surface area contributed by atoms with Crippen LogP contribution in [0.4, 0.5) is 0 Å². The predicted octanol–water partition coefficient (Wildman–Crippen LogP) is 5.24. The van der Waals surface area contributed by atoms with E-state index in [-0.39, 0.29) is 0 Å². The smallest absolute Gasteiger partial charge is 0.119 e. The van der Waals surface area contributed by atoms with Gasteiger partial charge in [-0.05, 0) is 43.3 Å². The van der Waals surface area contributed by atoms with E-state index in [0.717, 1.165) is 17.9 Å². The number of hydrogen-bond donors (Lipinski definition) is 1. The van der Waals surface area contributed by atoms with Crippen LogP contribution in [0.25, 0.3) is 0 Å². The van der Waals surface area contributed by atoms with E-state index >= 15 is 0 Å². The second-order valence-corrected chi connectivity index (χ2v) is 5.72. The highest BCUT2D eigenvalue weighted by Gasteiger charge is 2.05. The van der Waals surface area contributed by atoms with Gasteiger partial charge in [-0.2, -0.15) is 0 Å². The average molecular weight is 324 g/mol. The fraction of sp³-hybridized carbons (Fsp3) is 0.294. The molecule has 0 spiro atoms. The van der Waals surface area contributed by atoms with Gasteiger partial charge in [0.15, 0.2) is 0 Å². The first-order valence-corrected chi connectivity index (χ1v) is 7.76. The van der Waals surface area contributed by atoms with Crippen LogP contribution in [0.2, 0.25) is 10.0 Å². The number of ether oxygens (including phenoxy) is 1. The monoisotopic (exact) mass is 323 g/mol. The lowest BCUT2D eigenvalue weighted by atomic mass is 10.1.